The van der Waals surface area contributed by atoms with E-state index in [1.165, 1.54) is 12.7 Å². The maximum absolute atomic E-state index is 10.3. The molecule has 6 nitrogen and oxygen atoms in total. The summed E-state index contributed by atoms with van der Waals surface area (Å²) in [6.45, 7) is 0. The summed E-state index contributed by atoms with van der Waals surface area (Å²) in [4.78, 5) is 0. The molecule has 0 saturated heterocycles. The van der Waals surface area contributed by atoms with E-state index in [9.17, 15) is 5.11 Å². The minimum Gasteiger partial charge on any atom is -0.508 e. The van der Waals surface area contributed by atoms with Gasteiger partial charge in [0.15, 0.2) is 0 Å². The van der Waals surface area contributed by atoms with Crippen LogP contribution in [0, 0.1) is 0 Å². The van der Waals surface area contributed by atoms with Crippen LogP contribution in [0.4, 0.5) is 0 Å². The summed E-state index contributed by atoms with van der Waals surface area (Å²) in [6.07, 6.45) is 3.06. The van der Waals surface area contributed by atoms with E-state index < -0.39 is 6.04 Å². The van der Waals surface area contributed by atoms with Gasteiger partial charge in [0.05, 0.1) is 13.2 Å². The smallest absolute Gasteiger partial charge is 0.138 e. The van der Waals surface area contributed by atoms with E-state index in [-0.39, 0.29) is 5.75 Å². The van der Waals surface area contributed by atoms with Crippen LogP contribution < -0.4 is 10.2 Å². The summed E-state index contributed by atoms with van der Waals surface area (Å²) in [7, 11) is 1.60. The summed E-state index contributed by atoms with van der Waals surface area (Å²) in [5.74, 6) is 0.823. The fraction of sp³-hybridized carbons (Fsp3) is 0.125. The number of ether oxygens (including phenoxy) is 1. The minimum atomic E-state index is -0.402. The van der Waals surface area contributed by atoms with Crippen molar-refractivity contribution < 1.29 is 9.84 Å². The third kappa shape index (κ3) is 3.22. The van der Waals surface area contributed by atoms with Crippen molar-refractivity contribution in [1.82, 2.24) is 14.9 Å². The topological polar surface area (TPSA) is 72.2 Å². The molecule has 1 heterocycles. The molecule has 3 aromatic rings. The fourth-order valence-electron chi connectivity index (χ4n) is 2.38. The van der Waals surface area contributed by atoms with Gasteiger partial charge in [0.1, 0.15) is 24.2 Å². The molecule has 0 saturated carbocycles. The van der Waals surface area contributed by atoms with Crippen molar-refractivity contribution in [3.8, 4) is 11.5 Å². The number of rotatable bonds is 5. The number of nitrogens with zero attached hydrogens (tertiary/aromatic N) is 3. The maximum atomic E-state index is 10.3. The van der Waals surface area contributed by atoms with Crippen molar-refractivity contribution in [1.29, 1.82) is 0 Å². The Kier molecular flexibility index (Phi) is 4.34. The van der Waals surface area contributed by atoms with Crippen molar-refractivity contribution >= 4 is 11.6 Å². The van der Waals surface area contributed by atoms with E-state index in [1.54, 1.807) is 30.0 Å². The number of benzene rings is 2. The van der Waals surface area contributed by atoms with Crippen LogP contribution in [-0.2, 0) is 0 Å². The molecule has 0 amide bonds. The van der Waals surface area contributed by atoms with Gasteiger partial charge in [0, 0.05) is 16.1 Å². The van der Waals surface area contributed by atoms with Crippen LogP contribution in [0.15, 0.2) is 55.1 Å². The molecule has 3 rings (SSSR count). The number of phenolic OH excluding ortho intramolecular Hbond substituents is 1. The van der Waals surface area contributed by atoms with Gasteiger partial charge in [-0.3, -0.25) is 0 Å². The first-order valence-corrected chi connectivity index (χ1v) is 7.29. The molecule has 1 unspecified atom stereocenters. The second kappa shape index (κ2) is 6.58. The lowest BCUT2D eigenvalue weighted by Crippen LogP contribution is -2.21. The van der Waals surface area contributed by atoms with Crippen molar-refractivity contribution in [3.63, 3.8) is 0 Å². The SMILES string of the molecule is COc1ccccc1C(Nn1cnnc1)c1cc(Cl)ccc1O. The number of aromatic nitrogens is 3. The monoisotopic (exact) mass is 330 g/mol. The molecule has 118 valence electrons. The zero-order chi connectivity index (χ0) is 16.2. The molecule has 7 heteroatoms. The van der Waals surface area contributed by atoms with E-state index in [0.717, 1.165) is 5.56 Å². The highest BCUT2D eigenvalue weighted by Gasteiger charge is 2.21. The summed E-state index contributed by atoms with van der Waals surface area (Å²) >= 11 is 6.10. The number of phenols is 1. The van der Waals surface area contributed by atoms with Gasteiger partial charge in [0.2, 0.25) is 0 Å². The average Bonchev–Trinajstić information content (AvgIpc) is 3.08. The Morgan fingerprint density at radius 2 is 1.87 bits per heavy atom. The highest BCUT2D eigenvalue weighted by atomic mass is 35.5. The first kappa shape index (κ1) is 15.2. The van der Waals surface area contributed by atoms with Gasteiger partial charge in [-0.2, -0.15) is 0 Å². The fourth-order valence-corrected chi connectivity index (χ4v) is 2.57. The number of para-hydroxylation sites is 1. The van der Waals surface area contributed by atoms with E-state index in [1.807, 2.05) is 24.3 Å². The normalized spacial score (nSPS) is 11.9. The van der Waals surface area contributed by atoms with E-state index in [2.05, 4.69) is 15.6 Å². The quantitative estimate of drug-likeness (QED) is 0.752. The molecule has 1 atom stereocenters. The van der Waals surface area contributed by atoms with Crippen LogP contribution in [0.3, 0.4) is 0 Å². The van der Waals surface area contributed by atoms with Crippen molar-refractivity contribution in [2.45, 2.75) is 6.04 Å². The van der Waals surface area contributed by atoms with Crippen LogP contribution in [0.5, 0.6) is 11.5 Å². The number of nitrogens with one attached hydrogen (secondary N) is 1. The average molecular weight is 331 g/mol. The van der Waals surface area contributed by atoms with Gasteiger partial charge in [-0.25, -0.2) is 4.68 Å². The van der Waals surface area contributed by atoms with Gasteiger partial charge in [0.25, 0.3) is 0 Å². The molecule has 1 aromatic heterocycles. The largest absolute Gasteiger partial charge is 0.508 e. The van der Waals surface area contributed by atoms with Gasteiger partial charge in [-0.05, 0) is 24.3 Å². The van der Waals surface area contributed by atoms with Crippen LogP contribution in [0.25, 0.3) is 0 Å². The second-order valence-electron chi connectivity index (χ2n) is 4.88. The predicted octanol–water partition coefficient (Wildman–Crippen LogP) is 2.98. The van der Waals surface area contributed by atoms with Crippen molar-refractivity contribution in [2.24, 2.45) is 0 Å². The molecule has 23 heavy (non-hydrogen) atoms. The third-order valence-electron chi connectivity index (χ3n) is 3.45. The zero-order valence-electron chi connectivity index (χ0n) is 12.3. The molecule has 0 spiro atoms. The number of hydrogen-bond donors (Lipinski definition) is 2. The molecule has 0 radical (unpaired) electrons. The lowest BCUT2D eigenvalue weighted by atomic mass is 9.97. The lowest BCUT2D eigenvalue weighted by Gasteiger charge is -2.23. The van der Waals surface area contributed by atoms with Crippen LogP contribution in [-0.4, -0.2) is 27.1 Å². The second-order valence-corrected chi connectivity index (χ2v) is 5.31. The molecular formula is C16H15ClN4O2. The van der Waals surface area contributed by atoms with Gasteiger partial charge >= 0.3 is 0 Å². The Morgan fingerprint density at radius 3 is 2.61 bits per heavy atom. The van der Waals surface area contributed by atoms with Crippen molar-refractivity contribution in [2.75, 3.05) is 12.5 Å². The molecule has 0 bridgehead atoms. The van der Waals surface area contributed by atoms with Gasteiger partial charge in [-0.15, -0.1) is 10.2 Å². The van der Waals surface area contributed by atoms with E-state index >= 15 is 0 Å². The summed E-state index contributed by atoms with van der Waals surface area (Å²) < 4.78 is 7.05. The van der Waals surface area contributed by atoms with Crippen LogP contribution in [0.1, 0.15) is 17.2 Å². The first-order valence-electron chi connectivity index (χ1n) is 6.91. The highest BCUT2D eigenvalue weighted by molar-refractivity contribution is 6.30. The third-order valence-corrected chi connectivity index (χ3v) is 3.68. The maximum Gasteiger partial charge on any atom is 0.138 e. The molecule has 0 fully saturated rings. The predicted molar refractivity (Wildman–Crippen MR) is 87.3 cm³/mol. The molecular weight excluding hydrogens is 316 g/mol. The summed E-state index contributed by atoms with van der Waals surface area (Å²) in [6, 6.07) is 12.1. The zero-order valence-corrected chi connectivity index (χ0v) is 13.1. The van der Waals surface area contributed by atoms with Gasteiger partial charge < -0.3 is 15.3 Å². The molecule has 0 aliphatic carbocycles. The number of hydrogen-bond acceptors (Lipinski definition) is 5. The number of aromatic hydroxyl groups is 1. The highest BCUT2D eigenvalue weighted by Crippen LogP contribution is 2.36. The molecule has 0 aliphatic heterocycles. The van der Waals surface area contributed by atoms with E-state index in [4.69, 9.17) is 16.3 Å². The van der Waals surface area contributed by atoms with Crippen LogP contribution in [0.2, 0.25) is 5.02 Å². The minimum absolute atomic E-state index is 0.130. The lowest BCUT2D eigenvalue weighted by molar-refractivity contribution is 0.406. The Hall–Kier alpha value is -2.73. The summed E-state index contributed by atoms with van der Waals surface area (Å²) in [5, 5.41) is 18.4. The van der Waals surface area contributed by atoms with Gasteiger partial charge in [-0.1, -0.05) is 29.8 Å². The first-order chi connectivity index (χ1) is 11.2. The number of halogens is 1. The Balaban J connectivity index is 2.11. The Morgan fingerprint density at radius 1 is 1.13 bits per heavy atom. The molecule has 2 aromatic carbocycles. The van der Waals surface area contributed by atoms with E-state index in [0.29, 0.717) is 16.3 Å². The van der Waals surface area contributed by atoms with Crippen LogP contribution >= 0.6 is 11.6 Å². The Bertz CT molecular complexity index is 793. The summed E-state index contributed by atoms with van der Waals surface area (Å²) in [5.41, 5.74) is 4.70. The van der Waals surface area contributed by atoms with Crippen molar-refractivity contribution in [3.05, 3.63) is 71.3 Å². The Labute approximate surface area is 138 Å². The molecule has 2 N–H and O–H groups in total. The molecule has 0 aliphatic rings. The number of methoxy groups -OCH3 is 1. The standard InChI is InChI=1S/C16H15ClN4O2/c1-23-15-5-3-2-4-12(15)16(20-21-9-18-19-10-21)13-8-11(17)6-7-14(13)22/h2-10,16,20,22H,1H3.